The van der Waals surface area contributed by atoms with Crippen molar-refractivity contribution in [3.05, 3.63) is 34.2 Å². The number of pyridine rings is 1. The molecule has 1 heterocycles. The summed E-state index contributed by atoms with van der Waals surface area (Å²) < 4.78 is 0. The monoisotopic (exact) mass is 248 g/mol. The lowest BCUT2D eigenvalue weighted by Gasteiger charge is -2.28. The van der Waals surface area contributed by atoms with E-state index < -0.39 is 0 Å². The minimum absolute atomic E-state index is 0.136. The van der Waals surface area contributed by atoms with Crippen LogP contribution in [-0.4, -0.2) is 16.9 Å². The first kappa shape index (κ1) is 12.9. The average Bonchev–Trinajstić information content (AvgIpc) is 2.40. The van der Waals surface area contributed by atoms with E-state index in [2.05, 4.69) is 10.3 Å². The molecule has 0 aromatic carbocycles. The summed E-state index contributed by atoms with van der Waals surface area (Å²) in [7, 11) is 0. The van der Waals surface area contributed by atoms with Crippen molar-refractivity contribution in [1.82, 2.24) is 10.3 Å². The van der Waals surface area contributed by atoms with Crippen LogP contribution >= 0.6 is 0 Å². The van der Waals surface area contributed by atoms with Crippen LogP contribution in [0.25, 0.3) is 0 Å². The van der Waals surface area contributed by atoms with E-state index in [4.69, 9.17) is 0 Å². The summed E-state index contributed by atoms with van der Waals surface area (Å²) in [5.41, 5.74) is -0.0396. The van der Waals surface area contributed by atoms with Gasteiger partial charge in [-0.1, -0.05) is 19.3 Å². The molecule has 4 heteroatoms. The minimum Gasteiger partial charge on any atom is -0.367 e. The van der Waals surface area contributed by atoms with Crippen molar-refractivity contribution >= 4 is 5.91 Å². The number of hydrogen-bond donors (Lipinski definition) is 2. The van der Waals surface area contributed by atoms with Gasteiger partial charge < -0.3 is 10.3 Å². The minimum atomic E-state index is -0.269. The Morgan fingerprint density at radius 3 is 2.78 bits per heavy atom. The first-order chi connectivity index (χ1) is 8.68. The third-order valence-electron chi connectivity index (χ3n) is 3.78. The van der Waals surface area contributed by atoms with Crippen molar-refractivity contribution in [2.45, 2.75) is 45.1 Å². The highest BCUT2D eigenvalue weighted by Crippen LogP contribution is 2.26. The topological polar surface area (TPSA) is 62.0 Å². The van der Waals surface area contributed by atoms with Gasteiger partial charge in [-0.15, -0.1) is 0 Å². The van der Waals surface area contributed by atoms with E-state index >= 15 is 0 Å². The number of rotatable bonds is 3. The molecule has 1 aromatic rings. The van der Waals surface area contributed by atoms with Crippen LogP contribution in [-0.2, 0) is 0 Å². The highest BCUT2D eigenvalue weighted by Gasteiger charge is 2.22. The molecule has 18 heavy (non-hydrogen) atoms. The van der Waals surface area contributed by atoms with Crippen molar-refractivity contribution in [3.8, 4) is 0 Å². The fourth-order valence-electron chi connectivity index (χ4n) is 2.63. The zero-order valence-corrected chi connectivity index (χ0v) is 10.7. The van der Waals surface area contributed by atoms with E-state index in [0.717, 1.165) is 0 Å². The number of carbonyl (C=O) groups excluding carboxylic acids is 1. The Morgan fingerprint density at radius 1 is 1.39 bits per heavy atom. The second-order valence-corrected chi connectivity index (χ2v) is 5.08. The van der Waals surface area contributed by atoms with Crippen molar-refractivity contribution in [2.24, 2.45) is 5.92 Å². The Labute approximate surface area is 107 Å². The summed E-state index contributed by atoms with van der Waals surface area (Å²) in [6.45, 7) is 2.03. The zero-order chi connectivity index (χ0) is 13.0. The molecular weight excluding hydrogens is 228 g/mol. The van der Waals surface area contributed by atoms with Crippen molar-refractivity contribution in [2.75, 3.05) is 0 Å². The number of aromatic amines is 1. The van der Waals surface area contributed by atoms with Gasteiger partial charge in [-0.2, -0.15) is 0 Å². The van der Waals surface area contributed by atoms with Crippen LogP contribution in [0.15, 0.2) is 23.3 Å². The Bertz CT molecular complexity index is 461. The molecule has 1 amide bonds. The van der Waals surface area contributed by atoms with Crippen molar-refractivity contribution < 1.29 is 4.79 Å². The maximum Gasteiger partial charge on any atom is 0.256 e. The molecule has 2 N–H and O–H groups in total. The molecule has 1 saturated carbocycles. The lowest BCUT2D eigenvalue weighted by molar-refractivity contribution is 0.0918. The molecule has 1 unspecified atom stereocenters. The van der Waals surface area contributed by atoms with Gasteiger partial charge in [0.2, 0.25) is 0 Å². The number of hydrogen-bond acceptors (Lipinski definition) is 2. The average molecular weight is 248 g/mol. The summed E-state index contributed by atoms with van der Waals surface area (Å²) >= 11 is 0. The third-order valence-corrected chi connectivity index (χ3v) is 3.78. The fraction of sp³-hybridized carbons (Fsp3) is 0.571. The number of carbonyl (C=O) groups is 1. The maximum atomic E-state index is 12.0. The third kappa shape index (κ3) is 3.00. The van der Waals surface area contributed by atoms with E-state index in [9.17, 15) is 9.59 Å². The number of nitrogens with one attached hydrogen (secondary N) is 2. The molecule has 1 fully saturated rings. The van der Waals surface area contributed by atoms with E-state index in [1.807, 2.05) is 6.92 Å². The lowest BCUT2D eigenvalue weighted by Crippen LogP contribution is -2.40. The van der Waals surface area contributed by atoms with Crippen LogP contribution in [0.2, 0.25) is 0 Å². The molecule has 98 valence electrons. The van der Waals surface area contributed by atoms with Gasteiger partial charge in [-0.05, 0) is 25.7 Å². The van der Waals surface area contributed by atoms with E-state index in [0.29, 0.717) is 5.92 Å². The summed E-state index contributed by atoms with van der Waals surface area (Å²) in [5.74, 6) is 0.278. The van der Waals surface area contributed by atoms with Gasteiger partial charge in [-0.25, -0.2) is 0 Å². The molecule has 1 aliphatic rings. The molecule has 4 nitrogen and oxygen atoms in total. The predicted octanol–water partition coefficient (Wildman–Crippen LogP) is 2.07. The van der Waals surface area contributed by atoms with Gasteiger partial charge in [0.15, 0.2) is 5.43 Å². The largest absolute Gasteiger partial charge is 0.367 e. The summed E-state index contributed by atoms with van der Waals surface area (Å²) in [6, 6.07) is 1.51. The summed E-state index contributed by atoms with van der Waals surface area (Å²) in [6.07, 6.45) is 9.14. The summed E-state index contributed by atoms with van der Waals surface area (Å²) in [5, 5.41) is 2.95. The molecule has 0 bridgehead atoms. The van der Waals surface area contributed by atoms with Gasteiger partial charge in [0.05, 0.1) is 0 Å². The van der Waals surface area contributed by atoms with Crippen LogP contribution < -0.4 is 10.7 Å². The van der Waals surface area contributed by atoms with Crippen LogP contribution in [0.3, 0.4) is 0 Å². The molecule has 0 spiro atoms. The normalized spacial score (nSPS) is 18.3. The molecule has 1 atom stereocenters. The van der Waals surface area contributed by atoms with Gasteiger partial charge in [0.25, 0.3) is 5.91 Å². The SMILES string of the molecule is CC(NC(=O)c1c[nH]ccc1=O)C1CCCCC1. The summed E-state index contributed by atoms with van der Waals surface area (Å²) in [4.78, 5) is 26.3. The standard InChI is InChI=1S/C14H20N2O2/c1-10(11-5-3-2-4-6-11)16-14(18)12-9-15-8-7-13(12)17/h7-11H,2-6H2,1H3,(H,15,17)(H,16,18). The van der Waals surface area contributed by atoms with Crippen LogP contribution in [0.1, 0.15) is 49.4 Å². The Hall–Kier alpha value is -1.58. The van der Waals surface area contributed by atoms with Crippen LogP contribution in [0.4, 0.5) is 0 Å². The van der Waals surface area contributed by atoms with Gasteiger partial charge >= 0.3 is 0 Å². The first-order valence-electron chi connectivity index (χ1n) is 6.66. The molecule has 0 saturated heterocycles. The number of aromatic nitrogens is 1. The fourth-order valence-corrected chi connectivity index (χ4v) is 2.63. The van der Waals surface area contributed by atoms with Gasteiger partial charge in [0, 0.05) is 24.5 Å². The smallest absolute Gasteiger partial charge is 0.256 e. The number of amides is 1. The lowest BCUT2D eigenvalue weighted by atomic mass is 9.84. The zero-order valence-electron chi connectivity index (χ0n) is 10.7. The second-order valence-electron chi connectivity index (χ2n) is 5.08. The Balaban J connectivity index is 1.98. The molecule has 0 aliphatic heterocycles. The van der Waals surface area contributed by atoms with Crippen molar-refractivity contribution in [1.29, 1.82) is 0 Å². The van der Waals surface area contributed by atoms with Crippen LogP contribution in [0.5, 0.6) is 0 Å². The van der Waals surface area contributed by atoms with Gasteiger partial charge in [0.1, 0.15) is 5.56 Å². The molecule has 1 aliphatic carbocycles. The maximum absolute atomic E-state index is 12.0. The predicted molar refractivity (Wildman–Crippen MR) is 70.6 cm³/mol. The highest BCUT2D eigenvalue weighted by molar-refractivity contribution is 5.93. The Kier molecular flexibility index (Phi) is 4.18. The number of H-pyrrole nitrogens is 1. The van der Waals surface area contributed by atoms with Crippen molar-refractivity contribution in [3.63, 3.8) is 0 Å². The van der Waals surface area contributed by atoms with E-state index in [1.54, 1.807) is 0 Å². The molecular formula is C14H20N2O2. The molecule has 0 radical (unpaired) electrons. The Morgan fingerprint density at radius 2 is 2.11 bits per heavy atom. The first-order valence-corrected chi connectivity index (χ1v) is 6.66. The van der Waals surface area contributed by atoms with Crippen LogP contribution in [0, 0.1) is 5.92 Å². The van der Waals surface area contributed by atoms with E-state index in [-0.39, 0.29) is 22.9 Å². The highest BCUT2D eigenvalue weighted by atomic mass is 16.2. The second kappa shape index (κ2) is 5.85. The van der Waals surface area contributed by atoms with Gasteiger partial charge in [-0.3, -0.25) is 9.59 Å². The quantitative estimate of drug-likeness (QED) is 0.860. The molecule has 2 rings (SSSR count). The molecule has 1 aromatic heterocycles. The van der Waals surface area contributed by atoms with E-state index in [1.165, 1.54) is 50.6 Å².